The van der Waals surface area contributed by atoms with Gasteiger partial charge in [-0.1, -0.05) is 37.3 Å². The first-order chi connectivity index (χ1) is 15.6. The number of hydrogen-bond acceptors (Lipinski definition) is 6. The number of benzene rings is 2. The molecule has 0 atom stereocenters. The van der Waals surface area contributed by atoms with Crippen LogP contribution in [0.4, 0.5) is 5.69 Å². The lowest BCUT2D eigenvalue weighted by molar-refractivity contribution is -0.117. The van der Waals surface area contributed by atoms with Gasteiger partial charge in [-0.05, 0) is 36.4 Å². The first-order valence-corrected chi connectivity index (χ1v) is 11.2. The van der Waals surface area contributed by atoms with Gasteiger partial charge in [0.25, 0.3) is 5.56 Å². The molecule has 0 aliphatic carbocycles. The summed E-state index contributed by atoms with van der Waals surface area (Å²) in [5, 5.41) is 4.83. The summed E-state index contributed by atoms with van der Waals surface area (Å²) in [6, 6.07) is 18.5. The number of aromatic nitrogens is 2. The molecule has 0 spiro atoms. The predicted octanol–water partition coefficient (Wildman–Crippen LogP) is 3.89. The molecule has 0 radical (unpaired) electrons. The third-order valence-corrected chi connectivity index (χ3v) is 5.93. The Labute approximate surface area is 189 Å². The van der Waals surface area contributed by atoms with Crippen LogP contribution in [0.15, 0.2) is 70.8 Å². The van der Waals surface area contributed by atoms with Crippen molar-refractivity contribution < 1.29 is 9.53 Å². The van der Waals surface area contributed by atoms with Gasteiger partial charge < -0.3 is 10.1 Å². The van der Waals surface area contributed by atoms with Crippen molar-refractivity contribution in [1.82, 2.24) is 14.3 Å². The minimum Gasteiger partial charge on any atom is -0.497 e. The summed E-state index contributed by atoms with van der Waals surface area (Å²) in [5.74, 6) is 0.604. The standard InChI is InChI=1S/C24H24N4O3S/c1-3-27(15-22(29)25-18-9-11-20(31-2)12-10-18)14-19-13-23(30)28-21(16-32-24(28)26-19)17-7-5-4-6-8-17/h4-13,16H,3,14-15H2,1-2H3,(H,25,29). The molecule has 0 saturated heterocycles. The van der Waals surface area contributed by atoms with Crippen molar-refractivity contribution in [3.8, 4) is 17.0 Å². The molecule has 7 nitrogen and oxygen atoms in total. The van der Waals surface area contributed by atoms with Crippen molar-refractivity contribution in [2.45, 2.75) is 13.5 Å². The van der Waals surface area contributed by atoms with Crippen LogP contribution < -0.4 is 15.6 Å². The van der Waals surface area contributed by atoms with E-state index in [0.717, 1.165) is 17.0 Å². The van der Waals surface area contributed by atoms with Crippen LogP contribution in [0.2, 0.25) is 0 Å². The molecule has 4 aromatic rings. The zero-order chi connectivity index (χ0) is 22.5. The van der Waals surface area contributed by atoms with Crippen LogP contribution in [0.25, 0.3) is 16.2 Å². The first-order valence-electron chi connectivity index (χ1n) is 10.3. The molecule has 0 saturated carbocycles. The second kappa shape index (κ2) is 9.76. The topological polar surface area (TPSA) is 75.9 Å². The number of rotatable bonds is 8. The predicted molar refractivity (Wildman–Crippen MR) is 127 cm³/mol. The van der Waals surface area contributed by atoms with E-state index in [-0.39, 0.29) is 18.0 Å². The quantitative estimate of drug-likeness (QED) is 0.443. The molecule has 2 aromatic heterocycles. The number of methoxy groups -OCH3 is 1. The molecule has 8 heteroatoms. The molecule has 0 aliphatic rings. The van der Waals surface area contributed by atoms with E-state index < -0.39 is 0 Å². The number of carbonyl (C=O) groups excluding carboxylic acids is 1. The normalized spacial score (nSPS) is 11.1. The molecule has 1 amide bonds. The first kappa shape index (κ1) is 21.7. The fourth-order valence-corrected chi connectivity index (χ4v) is 4.36. The van der Waals surface area contributed by atoms with Crippen molar-refractivity contribution in [1.29, 1.82) is 0 Å². The number of anilines is 1. The Balaban J connectivity index is 1.47. The Hall–Kier alpha value is -3.49. The van der Waals surface area contributed by atoms with Gasteiger partial charge >= 0.3 is 0 Å². The smallest absolute Gasteiger partial charge is 0.259 e. The van der Waals surface area contributed by atoms with Gasteiger partial charge in [0.2, 0.25) is 5.91 Å². The van der Waals surface area contributed by atoms with Gasteiger partial charge in [0.15, 0.2) is 4.96 Å². The highest BCUT2D eigenvalue weighted by atomic mass is 32.1. The molecule has 164 valence electrons. The van der Waals surface area contributed by atoms with E-state index in [2.05, 4.69) is 10.3 Å². The van der Waals surface area contributed by atoms with E-state index >= 15 is 0 Å². The highest BCUT2D eigenvalue weighted by Gasteiger charge is 2.14. The largest absolute Gasteiger partial charge is 0.497 e. The number of thiazole rings is 1. The summed E-state index contributed by atoms with van der Waals surface area (Å²) in [6.07, 6.45) is 0. The molecule has 0 fully saturated rings. The lowest BCUT2D eigenvalue weighted by Gasteiger charge is -2.19. The highest BCUT2D eigenvalue weighted by Crippen LogP contribution is 2.24. The minimum absolute atomic E-state index is 0.121. The zero-order valence-electron chi connectivity index (χ0n) is 17.9. The van der Waals surface area contributed by atoms with Gasteiger partial charge in [-0.2, -0.15) is 0 Å². The maximum Gasteiger partial charge on any atom is 0.259 e. The van der Waals surface area contributed by atoms with Crippen molar-refractivity contribution in [2.75, 3.05) is 25.5 Å². The van der Waals surface area contributed by atoms with Gasteiger partial charge in [0.05, 0.1) is 25.0 Å². The third-order valence-electron chi connectivity index (χ3n) is 5.10. The third kappa shape index (κ3) is 4.87. The minimum atomic E-state index is -0.127. The van der Waals surface area contributed by atoms with Crippen molar-refractivity contribution in [3.05, 3.63) is 82.1 Å². The summed E-state index contributed by atoms with van der Waals surface area (Å²) in [4.78, 5) is 32.6. The van der Waals surface area contributed by atoms with Gasteiger partial charge in [-0.15, -0.1) is 11.3 Å². The van der Waals surface area contributed by atoms with E-state index in [0.29, 0.717) is 29.4 Å². The fraction of sp³-hybridized carbons (Fsp3) is 0.208. The second-order valence-corrected chi connectivity index (χ2v) is 8.11. The molecule has 0 bridgehead atoms. The Kier molecular flexibility index (Phi) is 6.63. The number of amides is 1. The molecule has 4 rings (SSSR count). The van der Waals surface area contributed by atoms with Crippen LogP contribution in [-0.2, 0) is 11.3 Å². The number of carbonyl (C=O) groups is 1. The number of nitrogens with zero attached hydrogens (tertiary/aromatic N) is 3. The molecule has 1 N–H and O–H groups in total. The van der Waals surface area contributed by atoms with Crippen LogP contribution in [0, 0.1) is 0 Å². The van der Waals surface area contributed by atoms with E-state index in [4.69, 9.17) is 4.74 Å². The van der Waals surface area contributed by atoms with Crippen LogP contribution >= 0.6 is 11.3 Å². The van der Waals surface area contributed by atoms with Crippen LogP contribution in [0.3, 0.4) is 0 Å². The second-order valence-electron chi connectivity index (χ2n) is 7.27. The van der Waals surface area contributed by atoms with Crippen LogP contribution in [-0.4, -0.2) is 40.4 Å². The number of fused-ring (bicyclic) bond motifs is 1. The average Bonchev–Trinajstić information content (AvgIpc) is 3.24. The molecular formula is C24H24N4O3S. The fourth-order valence-electron chi connectivity index (χ4n) is 3.44. The zero-order valence-corrected chi connectivity index (χ0v) is 18.8. The Morgan fingerprint density at radius 1 is 1.16 bits per heavy atom. The summed E-state index contributed by atoms with van der Waals surface area (Å²) in [5.41, 5.74) is 3.04. The monoisotopic (exact) mass is 448 g/mol. The van der Waals surface area contributed by atoms with E-state index in [1.54, 1.807) is 41.8 Å². The Bertz CT molecular complexity index is 1270. The van der Waals surface area contributed by atoms with Crippen molar-refractivity contribution >= 4 is 27.9 Å². The highest BCUT2D eigenvalue weighted by molar-refractivity contribution is 7.15. The van der Waals surface area contributed by atoms with Crippen LogP contribution in [0.1, 0.15) is 12.6 Å². The van der Waals surface area contributed by atoms with Gasteiger partial charge in [0.1, 0.15) is 5.75 Å². The van der Waals surface area contributed by atoms with E-state index in [9.17, 15) is 9.59 Å². The maximum atomic E-state index is 12.9. The summed E-state index contributed by atoms with van der Waals surface area (Å²) >= 11 is 1.43. The SMILES string of the molecule is CCN(CC(=O)Nc1ccc(OC)cc1)Cc1cc(=O)n2c(-c3ccccc3)csc2n1. The van der Waals surface area contributed by atoms with Crippen LogP contribution in [0.5, 0.6) is 5.75 Å². The van der Waals surface area contributed by atoms with E-state index in [1.165, 1.54) is 11.3 Å². The molecule has 0 unspecified atom stereocenters. The number of hydrogen-bond donors (Lipinski definition) is 1. The Morgan fingerprint density at radius 2 is 1.91 bits per heavy atom. The van der Waals surface area contributed by atoms with Gasteiger partial charge in [-0.25, -0.2) is 4.98 Å². The average molecular weight is 449 g/mol. The van der Waals surface area contributed by atoms with Crippen molar-refractivity contribution in [3.63, 3.8) is 0 Å². The number of ether oxygens (including phenoxy) is 1. The molecule has 2 aromatic carbocycles. The van der Waals surface area contributed by atoms with Crippen molar-refractivity contribution in [2.24, 2.45) is 0 Å². The lowest BCUT2D eigenvalue weighted by atomic mass is 10.2. The molecular weight excluding hydrogens is 424 g/mol. The Morgan fingerprint density at radius 3 is 2.59 bits per heavy atom. The summed E-state index contributed by atoms with van der Waals surface area (Å²) in [6.45, 7) is 3.24. The maximum absolute atomic E-state index is 12.9. The number of likely N-dealkylation sites (N-methyl/N-ethyl adjacent to an activating group) is 1. The molecule has 2 heterocycles. The summed E-state index contributed by atoms with van der Waals surface area (Å²) < 4.78 is 6.77. The molecule has 0 aliphatic heterocycles. The van der Waals surface area contributed by atoms with Gasteiger partial charge in [0, 0.05) is 23.7 Å². The van der Waals surface area contributed by atoms with Gasteiger partial charge in [-0.3, -0.25) is 18.9 Å². The summed E-state index contributed by atoms with van der Waals surface area (Å²) in [7, 11) is 1.60. The molecule has 32 heavy (non-hydrogen) atoms. The lowest BCUT2D eigenvalue weighted by Crippen LogP contribution is -2.33. The van der Waals surface area contributed by atoms with E-state index in [1.807, 2.05) is 47.5 Å². The number of nitrogens with one attached hydrogen (secondary N) is 1.